The highest BCUT2D eigenvalue weighted by Gasteiger charge is 2.20. The predicted octanol–water partition coefficient (Wildman–Crippen LogP) is 2.99. The van der Waals surface area contributed by atoms with Gasteiger partial charge in [0.2, 0.25) is 5.91 Å². The van der Waals surface area contributed by atoms with Crippen molar-refractivity contribution >= 4 is 18.3 Å². The molecular formula is C15H28ClN3O2. The van der Waals surface area contributed by atoms with E-state index in [1.807, 2.05) is 19.9 Å². The highest BCUT2D eigenvalue weighted by molar-refractivity contribution is 5.85. The number of hydrogen-bond donors (Lipinski definition) is 2. The fourth-order valence-electron chi connectivity index (χ4n) is 2.12. The van der Waals surface area contributed by atoms with Gasteiger partial charge in [-0.15, -0.1) is 12.4 Å². The Morgan fingerprint density at radius 3 is 2.48 bits per heavy atom. The lowest BCUT2D eigenvalue weighted by Crippen LogP contribution is -2.44. The van der Waals surface area contributed by atoms with Gasteiger partial charge in [-0.05, 0) is 18.8 Å². The van der Waals surface area contributed by atoms with E-state index in [9.17, 15) is 4.79 Å². The second kappa shape index (κ2) is 9.79. The van der Waals surface area contributed by atoms with Crippen LogP contribution in [0.15, 0.2) is 10.6 Å². The highest BCUT2D eigenvalue weighted by atomic mass is 35.5. The molecule has 2 unspecified atom stereocenters. The van der Waals surface area contributed by atoms with Gasteiger partial charge in [0, 0.05) is 12.0 Å². The molecule has 5 nitrogen and oxygen atoms in total. The number of rotatable bonds is 8. The van der Waals surface area contributed by atoms with Gasteiger partial charge in [-0.25, -0.2) is 0 Å². The lowest BCUT2D eigenvalue weighted by Gasteiger charge is -2.17. The summed E-state index contributed by atoms with van der Waals surface area (Å²) >= 11 is 0. The predicted molar refractivity (Wildman–Crippen MR) is 86.4 cm³/mol. The van der Waals surface area contributed by atoms with E-state index in [1.54, 1.807) is 0 Å². The quantitative estimate of drug-likeness (QED) is 0.772. The van der Waals surface area contributed by atoms with Gasteiger partial charge in [-0.3, -0.25) is 4.79 Å². The Morgan fingerprint density at radius 2 is 1.95 bits per heavy atom. The van der Waals surface area contributed by atoms with Crippen LogP contribution in [0.5, 0.6) is 0 Å². The molecule has 0 bridgehead atoms. The third kappa shape index (κ3) is 5.67. The normalized spacial score (nSPS) is 13.6. The van der Waals surface area contributed by atoms with E-state index in [1.165, 1.54) is 0 Å². The molecule has 0 aliphatic rings. The first-order chi connectivity index (χ1) is 9.53. The summed E-state index contributed by atoms with van der Waals surface area (Å²) in [4.78, 5) is 11.9. The molecule has 0 aliphatic heterocycles. The van der Waals surface area contributed by atoms with Crippen LogP contribution in [0.2, 0.25) is 0 Å². The molecule has 21 heavy (non-hydrogen) atoms. The molecule has 1 amide bonds. The zero-order valence-corrected chi connectivity index (χ0v) is 14.2. The molecule has 0 saturated carbocycles. The van der Waals surface area contributed by atoms with Gasteiger partial charge in [-0.1, -0.05) is 39.3 Å². The Labute approximate surface area is 133 Å². The maximum Gasteiger partial charge on any atom is 0.237 e. The van der Waals surface area contributed by atoms with Crippen LogP contribution in [0.3, 0.4) is 0 Å². The van der Waals surface area contributed by atoms with Crippen LogP contribution in [0.4, 0.5) is 0 Å². The zero-order chi connectivity index (χ0) is 15.1. The smallest absolute Gasteiger partial charge is 0.237 e. The summed E-state index contributed by atoms with van der Waals surface area (Å²) in [5, 5.41) is 6.88. The summed E-state index contributed by atoms with van der Waals surface area (Å²) in [6.45, 7) is 8.61. The number of nitrogens with zero attached hydrogens (tertiary/aromatic N) is 1. The summed E-state index contributed by atoms with van der Waals surface area (Å²) in [6, 6.07) is 1.45. The first-order valence-corrected chi connectivity index (χ1v) is 7.52. The number of nitrogens with two attached hydrogens (primary N) is 1. The molecule has 0 radical (unpaired) electrons. The van der Waals surface area contributed by atoms with E-state index in [0.717, 1.165) is 25.0 Å². The number of carbonyl (C=O) groups is 1. The number of aromatic nitrogens is 1. The Bertz CT molecular complexity index is 419. The minimum absolute atomic E-state index is 0. The van der Waals surface area contributed by atoms with Crippen molar-refractivity contribution in [3.8, 4) is 0 Å². The van der Waals surface area contributed by atoms with E-state index in [2.05, 4.69) is 24.3 Å². The Hall–Kier alpha value is -1.07. The van der Waals surface area contributed by atoms with E-state index in [-0.39, 0.29) is 24.2 Å². The molecule has 0 fully saturated rings. The van der Waals surface area contributed by atoms with Crippen LogP contribution in [0, 0.1) is 5.92 Å². The third-order valence-corrected chi connectivity index (χ3v) is 3.98. The van der Waals surface area contributed by atoms with E-state index >= 15 is 0 Å². The minimum atomic E-state index is -0.471. The molecule has 1 aromatic rings. The molecule has 1 heterocycles. The van der Waals surface area contributed by atoms with E-state index in [4.69, 9.17) is 10.3 Å². The molecule has 1 aromatic heterocycles. The van der Waals surface area contributed by atoms with Crippen molar-refractivity contribution in [1.82, 2.24) is 10.5 Å². The van der Waals surface area contributed by atoms with Gasteiger partial charge in [0.25, 0.3) is 0 Å². The number of hydrogen-bond acceptors (Lipinski definition) is 4. The van der Waals surface area contributed by atoms with Gasteiger partial charge in [0.1, 0.15) is 0 Å². The Kier molecular flexibility index (Phi) is 9.29. The van der Waals surface area contributed by atoms with Crippen molar-refractivity contribution in [2.24, 2.45) is 11.7 Å². The van der Waals surface area contributed by atoms with Crippen LogP contribution in [-0.2, 0) is 11.3 Å². The zero-order valence-electron chi connectivity index (χ0n) is 13.4. The molecule has 3 N–H and O–H groups in total. The van der Waals surface area contributed by atoms with Gasteiger partial charge >= 0.3 is 0 Å². The Balaban J connectivity index is 0.00000400. The van der Waals surface area contributed by atoms with Crippen molar-refractivity contribution in [3.63, 3.8) is 0 Å². The highest BCUT2D eigenvalue weighted by Crippen LogP contribution is 2.22. The molecule has 0 saturated heterocycles. The summed E-state index contributed by atoms with van der Waals surface area (Å²) < 4.78 is 5.26. The SMILES string of the molecule is CCC(CC)c1cc(CNC(=O)C(N)C(C)CC)on1.Cl. The fourth-order valence-corrected chi connectivity index (χ4v) is 2.12. The first kappa shape index (κ1) is 19.9. The van der Waals surface area contributed by atoms with Gasteiger partial charge in [0.05, 0.1) is 18.3 Å². The molecule has 0 spiro atoms. The summed E-state index contributed by atoms with van der Waals surface area (Å²) in [5.74, 6) is 1.13. The number of halogens is 1. The molecular weight excluding hydrogens is 290 g/mol. The van der Waals surface area contributed by atoms with Crippen molar-refractivity contribution in [1.29, 1.82) is 0 Å². The van der Waals surface area contributed by atoms with Crippen molar-refractivity contribution < 1.29 is 9.32 Å². The maximum atomic E-state index is 11.9. The molecule has 122 valence electrons. The van der Waals surface area contributed by atoms with Crippen molar-refractivity contribution in [2.75, 3.05) is 0 Å². The van der Waals surface area contributed by atoms with E-state index < -0.39 is 6.04 Å². The monoisotopic (exact) mass is 317 g/mol. The maximum absolute atomic E-state index is 11.9. The lowest BCUT2D eigenvalue weighted by atomic mass is 9.99. The fraction of sp³-hybridized carbons (Fsp3) is 0.733. The molecule has 0 aromatic carbocycles. The van der Waals surface area contributed by atoms with E-state index in [0.29, 0.717) is 18.2 Å². The van der Waals surface area contributed by atoms with Crippen molar-refractivity contribution in [2.45, 2.75) is 65.5 Å². The molecule has 2 atom stereocenters. The first-order valence-electron chi connectivity index (χ1n) is 7.52. The van der Waals surface area contributed by atoms with Crippen LogP contribution in [0.25, 0.3) is 0 Å². The molecule has 1 rings (SSSR count). The largest absolute Gasteiger partial charge is 0.359 e. The number of nitrogens with one attached hydrogen (secondary N) is 1. The van der Waals surface area contributed by atoms with Crippen molar-refractivity contribution in [3.05, 3.63) is 17.5 Å². The second-order valence-corrected chi connectivity index (χ2v) is 5.36. The minimum Gasteiger partial charge on any atom is -0.359 e. The average Bonchev–Trinajstić information content (AvgIpc) is 2.93. The van der Waals surface area contributed by atoms with Crippen LogP contribution < -0.4 is 11.1 Å². The van der Waals surface area contributed by atoms with Gasteiger partial charge < -0.3 is 15.6 Å². The average molecular weight is 318 g/mol. The molecule has 0 aliphatic carbocycles. The van der Waals surface area contributed by atoms with Crippen LogP contribution >= 0.6 is 12.4 Å². The number of amides is 1. The summed E-state index contributed by atoms with van der Waals surface area (Å²) in [5.41, 5.74) is 6.84. The Morgan fingerprint density at radius 1 is 1.33 bits per heavy atom. The lowest BCUT2D eigenvalue weighted by molar-refractivity contribution is -0.123. The molecule has 6 heteroatoms. The third-order valence-electron chi connectivity index (χ3n) is 3.98. The summed E-state index contributed by atoms with van der Waals surface area (Å²) in [6.07, 6.45) is 2.96. The number of carbonyl (C=O) groups excluding carboxylic acids is 1. The standard InChI is InChI=1S/C15H27N3O2.ClH/c1-5-10(4)14(16)15(19)17-9-12-8-13(18-20-12)11(6-2)7-3;/h8,10-11,14H,5-7,9,16H2,1-4H3,(H,17,19);1H. The van der Waals surface area contributed by atoms with Crippen LogP contribution in [-0.4, -0.2) is 17.1 Å². The summed E-state index contributed by atoms with van der Waals surface area (Å²) in [7, 11) is 0. The van der Waals surface area contributed by atoms with Crippen LogP contribution in [0.1, 0.15) is 64.3 Å². The topological polar surface area (TPSA) is 81.2 Å². The second-order valence-electron chi connectivity index (χ2n) is 5.36. The van der Waals surface area contributed by atoms with Gasteiger partial charge in [0.15, 0.2) is 5.76 Å². The van der Waals surface area contributed by atoms with Gasteiger partial charge in [-0.2, -0.15) is 0 Å².